The molecule has 1 aromatic heterocycles. The van der Waals surface area contributed by atoms with Crippen LogP contribution in [0.1, 0.15) is 11.1 Å². The summed E-state index contributed by atoms with van der Waals surface area (Å²) in [7, 11) is 1.81. The third kappa shape index (κ3) is 2.00. The first-order valence-corrected chi connectivity index (χ1v) is 5.16. The van der Waals surface area contributed by atoms with Crippen molar-refractivity contribution in [3.8, 4) is 11.4 Å². The van der Waals surface area contributed by atoms with Gasteiger partial charge in [0.25, 0.3) is 0 Å². The number of hydrogen-bond acceptors (Lipinski definition) is 4. The summed E-state index contributed by atoms with van der Waals surface area (Å²) < 4.78 is 0. The average molecular weight is 214 g/mol. The predicted octanol–water partition coefficient (Wildman–Crippen LogP) is 2.20. The zero-order chi connectivity index (χ0) is 11.5. The van der Waals surface area contributed by atoms with Gasteiger partial charge in [-0.25, -0.2) is 4.98 Å². The molecule has 0 saturated carbocycles. The Kier molecular flexibility index (Phi) is 2.81. The van der Waals surface area contributed by atoms with E-state index < -0.39 is 0 Å². The maximum absolute atomic E-state index is 4.35. The second-order valence-electron chi connectivity index (χ2n) is 3.71. The molecule has 0 fully saturated rings. The molecule has 1 heterocycles. The maximum Gasteiger partial charge on any atom is 0.183 e. The number of nitrogens with zero attached hydrogens (tertiary/aromatic N) is 3. The van der Waals surface area contributed by atoms with Crippen molar-refractivity contribution < 1.29 is 0 Å². The standard InChI is InChI=1S/C12H14N4/c1-8-4-5-10(6-9(8)2)12-15-11(13-3)7-14-16-12/h4-7H,1-3H3,(H,13,15,16). The molecule has 2 rings (SSSR count). The maximum atomic E-state index is 4.35. The number of rotatable bonds is 2. The SMILES string of the molecule is CNc1cnnc(-c2ccc(C)c(C)c2)n1. The molecule has 0 atom stereocenters. The van der Waals surface area contributed by atoms with Gasteiger partial charge >= 0.3 is 0 Å². The summed E-state index contributed by atoms with van der Waals surface area (Å²) in [5.74, 6) is 1.37. The van der Waals surface area contributed by atoms with E-state index in [1.165, 1.54) is 11.1 Å². The topological polar surface area (TPSA) is 50.7 Å². The van der Waals surface area contributed by atoms with Crippen molar-refractivity contribution in [3.63, 3.8) is 0 Å². The van der Waals surface area contributed by atoms with Gasteiger partial charge in [-0.15, -0.1) is 5.10 Å². The van der Waals surface area contributed by atoms with Crippen LogP contribution in [-0.4, -0.2) is 22.2 Å². The molecular formula is C12H14N4. The first-order valence-electron chi connectivity index (χ1n) is 5.16. The van der Waals surface area contributed by atoms with Crippen molar-refractivity contribution in [3.05, 3.63) is 35.5 Å². The summed E-state index contributed by atoms with van der Waals surface area (Å²) in [6.07, 6.45) is 1.60. The number of aryl methyl sites for hydroxylation is 2. The molecule has 0 bridgehead atoms. The first-order chi connectivity index (χ1) is 7.70. The van der Waals surface area contributed by atoms with E-state index in [0.29, 0.717) is 5.82 Å². The number of benzene rings is 1. The van der Waals surface area contributed by atoms with Crippen LogP contribution in [0.3, 0.4) is 0 Å². The monoisotopic (exact) mass is 214 g/mol. The summed E-state index contributed by atoms with van der Waals surface area (Å²) in [5.41, 5.74) is 3.49. The average Bonchev–Trinajstić information content (AvgIpc) is 2.33. The Balaban J connectivity index is 2.46. The largest absolute Gasteiger partial charge is 0.372 e. The third-order valence-corrected chi connectivity index (χ3v) is 2.58. The van der Waals surface area contributed by atoms with Gasteiger partial charge in [0.15, 0.2) is 5.82 Å². The lowest BCUT2D eigenvalue weighted by Crippen LogP contribution is -1.98. The summed E-state index contributed by atoms with van der Waals surface area (Å²) in [5, 5.41) is 10.9. The zero-order valence-electron chi connectivity index (χ0n) is 9.65. The third-order valence-electron chi connectivity index (χ3n) is 2.58. The molecule has 4 nitrogen and oxygen atoms in total. The van der Waals surface area contributed by atoms with Crippen molar-refractivity contribution in [2.75, 3.05) is 12.4 Å². The van der Waals surface area contributed by atoms with Crippen LogP contribution in [0.15, 0.2) is 24.4 Å². The van der Waals surface area contributed by atoms with Crippen LogP contribution in [0.25, 0.3) is 11.4 Å². The van der Waals surface area contributed by atoms with E-state index in [0.717, 1.165) is 11.4 Å². The van der Waals surface area contributed by atoms with Crippen LogP contribution in [0.4, 0.5) is 5.82 Å². The molecule has 16 heavy (non-hydrogen) atoms. The molecule has 0 saturated heterocycles. The molecule has 0 radical (unpaired) electrons. The molecule has 0 aliphatic carbocycles. The van der Waals surface area contributed by atoms with Gasteiger partial charge in [-0.05, 0) is 31.0 Å². The van der Waals surface area contributed by atoms with Gasteiger partial charge in [0.2, 0.25) is 0 Å². The highest BCUT2D eigenvalue weighted by Crippen LogP contribution is 2.18. The van der Waals surface area contributed by atoms with Gasteiger partial charge in [-0.3, -0.25) is 0 Å². The summed E-state index contributed by atoms with van der Waals surface area (Å²) in [6, 6.07) is 6.16. The first kappa shape index (κ1) is 10.5. The number of anilines is 1. The molecular weight excluding hydrogens is 200 g/mol. The van der Waals surface area contributed by atoms with Gasteiger partial charge in [-0.2, -0.15) is 5.10 Å². The van der Waals surface area contributed by atoms with Gasteiger partial charge in [0.05, 0.1) is 6.20 Å². The number of aromatic nitrogens is 3. The van der Waals surface area contributed by atoms with Crippen LogP contribution in [0.2, 0.25) is 0 Å². The normalized spacial score (nSPS) is 10.2. The lowest BCUT2D eigenvalue weighted by atomic mass is 10.1. The highest BCUT2D eigenvalue weighted by atomic mass is 15.2. The van der Waals surface area contributed by atoms with E-state index in [-0.39, 0.29) is 0 Å². The van der Waals surface area contributed by atoms with Crippen LogP contribution in [0, 0.1) is 13.8 Å². The number of nitrogens with one attached hydrogen (secondary N) is 1. The molecule has 1 N–H and O–H groups in total. The van der Waals surface area contributed by atoms with E-state index >= 15 is 0 Å². The van der Waals surface area contributed by atoms with E-state index in [4.69, 9.17) is 0 Å². The Labute approximate surface area is 94.8 Å². The molecule has 0 aliphatic rings. The molecule has 1 aromatic carbocycles. The molecule has 4 heteroatoms. The predicted molar refractivity (Wildman–Crippen MR) is 64.3 cm³/mol. The molecule has 0 aliphatic heterocycles. The lowest BCUT2D eigenvalue weighted by Gasteiger charge is -2.04. The molecule has 82 valence electrons. The molecule has 0 spiro atoms. The fraction of sp³-hybridized carbons (Fsp3) is 0.250. The number of hydrogen-bond donors (Lipinski definition) is 1. The fourth-order valence-corrected chi connectivity index (χ4v) is 1.43. The molecule has 0 unspecified atom stereocenters. The fourth-order valence-electron chi connectivity index (χ4n) is 1.43. The minimum Gasteiger partial charge on any atom is -0.372 e. The van der Waals surface area contributed by atoms with Crippen LogP contribution < -0.4 is 5.32 Å². The summed E-state index contributed by atoms with van der Waals surface area (Å²) in [4.78, 5) is 4.35. The summed E-state index contributed by atoms with van der Waals surface area (Å²) in [6.45, 7) is 4.16. The highest BCUT2D eigenvalue weighted by molar-refractivity contribution is 5.58. The van der Waals surface area contributed by atoms with E-state index in [2.05, 4.69) is 46.5 Å². The second-order valence-corrected chi connectivity index (χ2v) is 3.71. The molecule has 2 aromatic rings. The quantitative estimate of drug-likeness (QED) is 0.832. The Morgan fingerprint density at radius 3 is 2.62 bits per heavy atom. The van der Waals surface area contributed by atoms with Gasteiger partial charge in [0, 0.05) is 12.6 Å². The second kappa shape index (κ2) is 4.26. The summed E-state index contributed by atoms with van der Waals surface area (Å²) >= 11 is 0. The van der Waals surface area contributed by atoms with E-state index in [1.807, 2.05) is 13.1 Å². The van der Waals surface area contributed by atoms with Crippen molar-refractivity contribution >= 4 is 5.82 Å². The minimum absolute atomic E-state index is 0.648. The minimum atomic E-state index is 0.648. The van der Waals surface area contributed by atoms with Gasteiger partial charge in [0.1, 0.15) is 5.82 Å². The Hall–Kier alpha value is -1.97. The van der Waals surface area contributed by atoms with Gasteiger partial charge in [-0.1, -0.05) is 12.1 Å². The van der Waals surface area contributed by atoms with Crippen LogP contribution >= 0.6 is 0 Å². The van der Waals surface area contributed by atoms with Crippen LogP contribution in [-0.2, 0) is 0 Å². The van der Waals surface area contributed by atoms with Crippen molar-refractivity contribution in [2.24, 2.45) is 0 Å². The van der Waals surface area contributed by atoms with Crippen LogP contribution in [0.5, 0.6) is 0 Å². The van der Waals surface area contributed by atoms with E-state index in [1.54, 1.807) is 6.20 Å². The van der Waals surface area contributed by atoms with E-state index in [9.17, 15) is 0 Å². The Morgan fingerprint density at radius 2 is 1.94 bits per heavy atom. The Morgan fingerprint density at radius 1 is 1.12 bits per heavy atom. The highest BCUT2D eigenvalue weighted by Gasteiger charge is 2.04. The van der Waals surface area contributed by atoms with Crippen molar-refractivity contribution in [1.82, 2.24) is 15.2 Å². The van der Waals surface area contributed by atoms with Crippen molar-refractivity contribution in [1.29, 1.82) is 0 Å². The van der Waals surface area contributed by atoms with Crippen molar-refractivity contribution in [2.45, 2.75) is 13.8 Å². The lowest BCUT2D eigenvalue weighted by molar-refractivity contribution is 0.980. The Bertz CT molecular complexity index is 508. The smallest absolute Gasteiger partial charge is 0.183 e. The zero-order valence-corrected chi connectivity index (χ0v) is 9.65. The molecule has 0 amide bonds. The van der Waals surface area contributed by atoms with Gasteiger partial charge < -0.3 is 5.32 Å².